The van der Waals surface area contributed by atoms with Gasteiger partial charge in [-0.2, -0.15) is 5.26 Å². The van der Waals surface area contributed by atoms with Gasteiger partial charge in [0.15, 0.2) is 0 Å². The normalized spacial score (nSPS) is 31.1. The fraction of sp³-hybridized carbons (Fsp3) is 0.562. The Balaban J connectivity index is 1.96. The molecule has 3 rings (SSSR count). The number of nitriles is 1. The van der Waals surface area contributed by atoms with E-state index in [2.05, 4.69) is 60.5 Å². The van der Waals surface area contributed by atoms with Gasteiger partial charge in [-0.05, 0) is 25.8 Å². The first-order chi connectivity index (χ1) is 9.14. The number of rotatable bonds is 2. The smallest absolute Gasteiger partial charge is 0.0673 e. The summed E-state index contributed by atoms with van der Waals surface area (Å²) in [6.07, 6.45) is 1.00. The predicted molar refractivity (Wildman–Crippen MR) is 75.5 cm³/mol. The maximum Gasteiger partial charge on any atom is 0.0673 e. The van der Waals surface area contributed by atoms with E-state index in [9.17, 15) is 5.26 Å². The van der Waals surface area contributed by atoms with E-state index >= 15 is 0 Å². The van der Waals surface area contributed by atoms with Crippen molar-refractivity contribution in [3.05, 3.63) is 35.9 Å². The van der Waals surface area contributed by atoms with Crippen molar-refractivity contribution in [2.24, 2.45) is 5.92 Å². The van der Waals surface area contributed by atoms with E-state index in [1.54, 1.807) is 0 Å². The summed E-state index contributed by atoms with van der Waals surface area (Å²) in [5, 5.41) is 12.8. The molecule has 3 heteroatoms. The second-order valence-corrected chi connectivity index (χ2v) is 6.18. The maximum absolute atomic E-state index is 9.36. The van der Waals surface area contributed by atoms with Gasteiger partial charge in [0, 0.05) is 30.7 Å². The van der Waals surface area contributed by atoms with E-state index in [4.69, 9.17) is 0 Å². The lowest BCUT2D eigenvalue weighted by molar-refractivity contribution is 0.0353. The third kappa shape index (κ3) is 1.96. The molecule has 2 aliphatic rings. The van der Waals surface area contributed by atoms with Crippen molar-refractivity contribution in [1.29, 1.82) is 5.26 Å². The zero-order valence-electron chi connectivity index (χ0n) is 11.6. The molecule has 100 valence electrons. The fourth-order valence-electron chi connectivity index (χ4n) is 3.85. The Hall–Kier alpha value is -1.37. The van der Waals surface area contributed by atoms with Gasteiger partial charge < -0.3 is 5.32 Å². The summed E-state index contributed by atoms with van der Waals surface area (Å²) in [5.41, 5.74) is 1.33. The van der Waals surface area contributed by atoms with Gasteiger partial charge in [0.25, 0.3) is 0 Å². The molecule has 2 bridgehead atoms. The third-order valence-corrected chi connectivity index (χ3v) is 4.77. The van der Waals surface area contributed by atoms with Crippen LogP contribution in [0.25, 0.3) is 0 Å². The van der Waals surface area contributed by atoms with Crippen LogP contribution in [0.4, 0.5) is 0 Å². The second-order valence-electron chi connectivity index (χ2n) is 6.18. The number of benzene rings is 1. The Bertz CT molecular complexity index is 488. The quantitative estimate of drug-likeness (QED) is 0.879. The van der Waals surface area contributed by atoms with Crippen LogP contribution in [0.1, 0.15) is 25.8 Å². The van der Waals surface area contributed by atoms with E-state index < -0.39 is 0 Å². The van der Waals surface area contributed by atoms with Crippen LogP contribution in [0.2, 0.25) is 0 Å². The summed E-state index contributed by atoms with van der Waals surface area (Å²) in [6, 6.07) is 14.0. The summed E-state index contributed by atoms with van der Waals surface area (Å²) in [5.74, 6) is 0.169. The third-order valence-electron chi connectivity index (χ3n) is 4.77. The molecule has 1 aromatic rings. The van der Waals surface area contributed by atoms with Crippen LogP contribution in [0.15, 0.2) is 30.3 Å². The van der Waals surface area contributed by atoms with Crippen molar-refractivity contribution in [2.75, 3.05) is 13.1 Å². The van der Waals surface area contributed by atoms with Gasteiger partial charge in [0.1, 0.15) is 0 Å². The highest BCUT2D eigenvalue weighted by atomic mass is 15.3. The minimum atomic E-state index is -0.00963. The summed E-state index contributed by atoms with van der Waals surface area (Å²) < 4.78 is 0. The summed E-state index contributed by atoms with van der Waals surface area (Å²) in [7, 11) is 0. The summed E-state index contributed by atoms with van der Waals surface area (Å²) in [4.78, 5) is 2.58. The van der Waals surface area contributed by atoms with Gasteiger partial charge in [-0.25, -0.2) is 0 Å². The van der Waals surface area contributed by atoms with Gasteiger partial charge in [-0.15, -0.1) is 0 Å². The highest BCUT2D eigenvalue weighted by Crippen LogP contribution is 2.41. The lowest BCUT2D eigenvalue weighted by atomic mass is 9.89. The van der Waals surface area contributed by atoms with E-state index in [0.29, 0.717) is 12.1 Å². The second kappa shape index (κ2) is 4.63. The molecule has 2 heterocycles. The van der Waals surface area contributed by atoms with Gasteiger partial charge >= 0.3 is 0 Å². The SMILES string of the molecule is CC(C)(c1ccccc1)N1[C@@H]2CNC[C@H]1[C@@H](C#N)C2. The standard InChI is InChI=1S/C16H21N3/c1-16(2,13-6-4-3-5-7-13)19-14-8-12(9-17)15(19)11-18-10-14/h3-7,12,14-15,18H,8,10-11H2,1-2H3/t12-,14+,15+/m1/s1. The fourth-order valence-corrected chi connectivity index (χ4v) is 3.85. The molecule has 0 aromatic heterocycles. The number of nitrogens with zero attached hydrogens (tertiary/aromatic N) is 2. The Kier molecular flexibility index (Phi) is 3.08. The van der Waals surface area contributed by atoms with Crippen molar-refractivity contribution >= 4 is 0 Å². The van der Waals surface area contributed by atoms with Crippen LogP contribution in [-0.4, -0.2) is 30.1 Å². The molecule has 1 N–H and O–H groups in total. The monoisotopic (exact) mass is 255 g/mol. The number of hydrogen-bond acceptors (Lipinski definition) is 3. The van der Waals surface area contributed by atoms with Gasteiger partial charge in [-0.1, -0.05) is 30.3 Å². The van der Waals surface area contributed by atoms with Crippen molar-refractivity contribution in [2.45, 2.75) is 37.9 Å². The first kappa shape index (κ1) is 12.7. The number of nitrogens with one attached hydrogen (secondary N) is 1. The van der Waals surface area contributed by atoms with Crippen LogP contribution in [0.5, 0.6) is 0 Å². The zero-order chi connectivity index (χ0) is 13.5. The minimum Gasteiger partial charge on any atom is -0.314 e. The molecule has 0 aliphatic carbocycles. The molecule has 0 unspecified atom stereocenters. The van der Waals surface area contributed by atoms with Crippen LogP contribution in [-0.2, 0) is 5.54 Å². The molecule has 2 aliphatic heterocycles. The lowest BCUT2D eigenvalue weighted by Crippen LogP contribution is -2.59. The molecule has 0 radical (unpaired) electrons. The molecular weight excluding hydrogens is 234 g/mol. The van der Waals surface area contributed by atoms with Crippen LogP contribution in [0, 0.1) is 17.2 Å². The van der Waals surface area contributed by atoms with E-state index in [1.165, 1.54) is 5.56 Å². The molecule has 0 saturated carbocycles. The van der Waals surface area contributed by atoms with Crippen LogP contribution in [0.3, 0.4) is 0 Å². The van der Waals surface area contributed by atoms with Gasteiger partial charge in [0.2, 0.25) is 0 Å². The number of hydrogen-bond donors (Lipinski definition) is 1. The van der Waals surface area contributed by atoms with Crippen LogP contribution >= 0.6 is 0 Å². The van der Waals surface area contributed by atoms with E-state index in [-0.39, 0.29) is 11.5 Å². The number of fused-ring (bicyclic) bond motifs is 2. The van der Waals surface area contributed by atoms with Gasteiger partial charge in [-0.3, -0.25) is 4.90 Å². The Morgan fingerprint density at radius 2 is 2.00 bits per heavy atom. The molecule has 1 aromatic carbocycles. The minimum absolute atomic E-state index is 0.00963. The largest absolute Gasteiger partial charge is 0.314 e. The average molecular weight is 255 g/mol. The van der Waals surface area contributed by atoms with Crippen molar-refractivity contribution in [3.8, 4) is 6.07 Å². The number of piperazine rings is 1. The van der Waals surface area contributed by atoms with E-state index in [0.717, 1.165) is 19.5 Å². The Morgan fingerprint density at radius 1 is 1.26 bits per heavy atom. The summed E-state index contributed by atoms with van der Waals surface area (Å²) >= 11 is 0. The molecule has 2 saturated heterocycles. The average Bonchev–Trinajstić information content (AvgIpc) is 2.67. The molecule has 19 heavy (non-hydrogen) atoms. The van der Waals surface area contributed by atoms with Crippen molar-refractivity contribution < 1.29 is 0 Å². The van der Waals surface area contributed by atoms with Crippen LogP contribution < -0.4 is 5.32 Å². The highest BCUT2D eigenvalue weighted by molar-refractivity contribution is 5.25. The molecule has 3 nitrogen and oxygen atoms in total. The van der Waals surface area contributed by atoms with Crippen molar-refractivity contribution in [1.82, 2.24) is 10.2 Å². The molecular formula is C16H21N3. The zero-order valence-corrected chi connectivity index (χ0v) is 11.6. The maximum atomic E-state index is 9.36. The Morgan fingerprint density at radius 3 is 2.68 bits per heavy atom. The lowest BCUT2D eigenvalue weighted by Gasteiger charge is -2.47. The molecule has 3 atom stereocenters. The highest BCUT2D eigenvalue weighted by Gasteiger charge is 2.49. The Labute approximate surface area is 115 Å². The van der Waals surface area contributed by atoms with Crippen molar-refractivity contribution in [3.63, 3.8) is 0 Å². The topological polar surface area (TPSA) is 39.1 Å². The first-order valence-electron chi connectivity index (χ1n) is 7.09. The van der Waals surface area contributed by atoms with Gasteiger partial charge in [0.05, 0.1) is 12.0 Å². The molecule has 0 spiro atoms. The molecule has 2 fully saturated rings. The summed E-state index contributed by atoms with van der Waals surface area (Å²) in [6.45, 7) is 6.51. The predicted octanol–water partition coefficient (Wildman–Crippen LogP) is 2.11. The first-order valence-corrected chi connectivity index (χ1v) is 7.09. The van der Waals surface area contributed by atoms with E-state index in [1.807, 2.05) is 0 Å². The molecule has 0 amide bonds.